The Morgan fingerprint density at radius 3 is 2.94 bits per heavy atom. The number of unbranched alkanes of at least 4 members (excludes halogenated alkanes) is 1. The van der Waals surface area contributed by atoms with E-state index in [1.54, 1.807) is 0 Å². The van der Waals surface area contributed by atoms with Crippen molar-refractivity contribution >= 4 is 5.69 Å². The van der Waals surface area contributed by atoms with Crippen molar-refractivity contribution in [2.45, 2.75) is 32.2 Å². The molecule has 3 heteroatoms. The molecule has 0 aliphatic rings. The minimum atomic E-state index is 0.335. The minimum Gasteiger partial charge on any atom is -0.399 e. The summed E-state index contributed by atoms with van der Waals surface area (Å²) >= 11 is 0. The number of nitrogens with zero attached hydrogens (tertiary/aromatic N) is 1. The summed E-state index contributed by atoms with van der Waals surface area (Å²) in [5.41, 5.74) is 7.78. The molecule has 0 aromatic heterocycles. The van der Waals surface area contributed by atoms with E-state index in [0.717, 1.165) is 25.1 Å². The van der Waals surface area contributed by atoms with Crippen molar-refractivity contribution < 1.29 is 0 Å². The Balaban J connectivity index is 2.51. The maximum absolute atomic E-state index is 8.45. The highest BCUT2D eigenvalue weighted by Crippen LogP contribution is 2.18. The second kappa shape index (κ2) is 6.86. The molecule has 1 atom stereocenters. The van der Waals surface area contributed by atoms with Crippen LogP contribution in [0, 0.1) is 11.3 Å². The van der Waals surface area contributed by atoms with Crippen LogP contribution in [0.1, 0.15) is 37.8 Å². The molecule has 16 heavy (non-hydrogen) atoms. The highest BCUT2D eigenvalue weighted by atomic mass is 14.9. The number of anilines is 1. The van der Waals surface area contributed by atoms with Crippen molar-refractivity contribution in [2.75, 3.05) is 12.3 Å². The largest absolute Gasteiger partial charge is 0.399 e. The lowest BCUT2D eigenvalue weighted by atomic mass is 10.0. The fourth-order valence-electron chi connectivity index (χ4n) is 1.72. The van der Waals surface area contributed by atoms with E-state index in [1.807, 2.05) is 18.2 Å². The average molecular weight is 217 g/mol. The summed E-state index contributed by atoms with van der Waals surface area (Å²) in [7, 11) is 0. The molecular weight excluding hydrogens is 198 g/mol. The normalized spacial score (nSPS) is 12.0. The molecule has 0 bridgehead atoms. The maximum Gasteiger partial charge on any atom is 0.0622 e. The molecule has 0 aliphatic heterocycles. The molecule has 0 saturated heterocycles. The van der Waals surface area contributed by atoms with Gasteiger partial charge in [-0.2, -0.15) is 5.26 Å². The number of nitrogens with one attached hydrogen (secondary N) is 1. The van der Waals surface area contributed by atoms with Crippen LogP contribution in [0.25, 0.3) is 0 Å². The summed E-state index contributed by atoms with van der Waals surface area (Å²) in [5.74, 6) is 0. The van der Waals surface area contributed by atoms with Gasteiger partial charge in [0.15, 0.2) is 0 Å². The summed E-state index contributed by atoms with van der Waals surface area (Å²) in [6.07, 6.45) is 2.53. The fraction of sp³-hybridized carbons (Fsp3) is 0.462. The number of hydrogen-bond acceptors (Lipinski definition) is 3. The highest BCUT2D eigenvalue weighted by Gasteiger charge is 2.07. The SMILES string of the molecule is CCC(NCCCC#N)c1cccc(N)c1. The molecule has 0 aliphatic carbocycles. The lowest BCUT2D eigenvalue weighted by Crippen LogP contribution is -2.21. The van der Waals surface area contributed by atoms with Crippen molar-refractivity contribution in [3.63, 3.8) is 0 Å². The van der Waals surface area contributed by atoms with Crippen molar-refractivity contribution in [2.24, 2.45) is 0 Å². The summed E-state index contributed by atoms with van der Waals surface area (Å²) in [6.45, 7) is 3.02. The minimum absolute atomic E-state index is 0.335. The molecular formula is C13H19N3. The third kappa shape index (κ3) is 3.92. The number of nitrogens with two attached hydrogens (primary N) is 1. The number of benzene rings is 1. The molecule has 0 radical (unpaired) electrons. The van der Waals surface area contributed by atoms with Crippen LogP contribution in [0.2, 0.25) is 0 Å². The van der Waals surface area contributed by atoms with Gasteiger partial charge in [0.05, 0.1) is 6.07 Å². The van der Waals surface area contributed by atoms with Crippen LogP contribution in [-0.2, 0) is 0 Å². The molecule has 1 rings (SSSR count). The van der Waals surface area contributed by atoms with Gasteiger partial charge in [-0.1, -0.05) is 19.1 Å². The van der Waals surface area contributed by atoms with E-state index in [-0.39, 0.29) is 0 Å². The van der Waals surface area contributed by atoms with Crippen molar-refractivity contribution in [3.8, 4) is 6.07 Å². The van der Waals surface area contributed by atoms with Crippen LogP contribution in [0.15, 0.2) is 24.3 Å². The molecule has 0 fully saturated rings. The van der Waals surface area contributed by atoms with Crippen LogP contribution in [-0.4, -0.2) is 6.54 Å². The summed E-state index contributed by atoms with van der Waals surface area (Å²) < 4.78 is 0. The molecule has 3 N–H and O–H groups in total. The van der Waals surface area contributed by atoms with E-state index in [9.17, 15) is 0 Å². The molecule has 0 amide bonds. The van der Waals surface area contributed by atoms with Gasteiger partial charge in [0.1, 0.15) is 0 Å². The predicted octanol–water partition coefficient (Wildman–Crippen LogP) is 2.61. The molecule has 3 nitrogen and oxygen atoms in total. The van der Waals surface area contributed by atoms with E-state index in [4.69, 9.17) is 11.0 Å². The van der Waals surface area contributed by atoms with Crippen molar-refractivity contribution in [3.05, 3.63) is 29.8 Å². The standard InChI is InChI=1S/C13H19N3/c1-2-13(16-9-4-3-8-14)11-6-5-7-12(15)10-11/h5-7,10,13,16H,2-4,9,15H2,1H3. The van der Waals surface area contributed by atoms with E-state index in [0.29, 0.717) is 12.5 Å². The van der Waals surface area contributed by atoms with Crippen LogP contribution in [0.4, 0.5) is 5.69 Å². The Kier molecular flexibility index (Phi) is 5.38. The van der Waals surface area contributed by atoms with Gasteiger partial charge < -0.3 is 11.1 Å². The maximum atomic E-state index is 8.45. The molecule has 0 saturated carbocycles. The smallest absolute Gasteiger partial charge is 0.0622 e. The number of rotatable bonds is 6. The van der Waals surface area contributed by atoms with E-state index < -0.39 is 0 Å². The monoisotopic (exact) mass is 217 g/mol. The first-order chi connectivity index (χ1) is 7.77. The number of nitrogen functional groups attached to an aromatic ring is 1. The van der Waals surface area contributed by atoms with Crippen LogP contribution >= 0.6 is 0 Å². The van der Waals surface area contributed by atoms with Crippen molar-refractivity contribution in [1.29, 1.82) is 5.26 Å². The van der Waals surface area contributed by atoms with Gasteiger partial charge in [-0.3, -0.25) is 0 Å². The molecule has 0 heterocycles. The Bertz CT molecular complexity index is 354. The van der Waals surface area contributed by atoms with Crippen LogP contribution in [0.3, 0.4) is 0 Å². The number of hydrogen-bond donors (Lipinski definition) is 2. The van der Waals surface area contributed by atoms with Gasteiger partial charge in [-0.15, -0.1) is 0 Å². The summed E-state index contributed by atoms with van der Waals surface area (Å²) in [4.78, 5) is 0. The topological polar surface area (TPSA) is 61.8 Å². The van der Waals surface area contributed by atoms with Gasteiger partial charge in [0, 0.05) is 18.2 Å². The fourth-order valence-corrected chi connectivity index (χ4v) is 1.72. The quantitative estimate of drug-likeness (QED) is 0.568. The van der Waals surface area contributed by atoms with E-state index in [2.05, 4.69) is 24.4 Å². The Morgan fingerprint density at radius 2 is 2.31 bits per heavy atom. The van der Waals surface area contributed by atoms with E-state index >= 15 is 0 Å². The van der Waals surface area contributed by atoms with E-state index in [1.165, 1.54) is 5.56 Å². The first-order valence-corrected chi connectivity index (χ1v) is 5.73. The molecule has 1 aromatic carbocycles. The Labute approximate surface area is 97.3 Å². The lowest BCUT2D eigenvalue weighted by Gasteiger charge is -2.17. The number of nitriles is 1. The van der Waals surface area contributed by atoms with Gasteiger partial charge >= 0.3 is 0 Å². The van der Waals surface area contributed by atoms with Gasteiger partial charge in [0.2, 0.25) is 0 Å². The Morgan fingerprint density at radius 1 is 1.50 bits per heavy atom. The predicted molar refractivity (Wildman–Crippen MR) is 66.7 cm³/mol. The third-order valence-electron chi connectivity index (χ3n) is 2.58. The van der Waals surface area contributed by atoms with Gasteiger partial charge in [0.25, 0.3) is 0 Å². The second-order valence-electron chi connectivity index (χ2n) is 3.85. The van der Waals surface area contributed by atoms with Gasteiger partial charge in [-0.25, -0.2) is 0 Å². The molecule has 1 unspecified atom stereocenters. The van der Waals surface area contributed by atoms with Crippen molar-refractivity contribution in [1.82, 2.24) is 5.32 Å². The Hall–Kier alpha value is -1.53. The molecule has 86 valence electrons. The molecule has 1 aromatic rings. The molecule has 0 spiro atoms. The second-order valence-corrected chi connectivity index (χ2v) is 3.85. The first-order valence-electron chi connectivity index (χ1n) is 5.73. The average Bonchev–Trinajstić information content (AvgIpc) is 2.29. The highest BCUT2D eigenvalue weighted by molar-refractivity contribution is 5.41. The first kappa shape index (κ1) is 12.5. The van der Waals surface area contributed by atoms with Crippen LogP contribution in [0.5, 0.6) is 0 Å². The zero-order valence-electron chi connectivity index (χ0n) is 9.74. The zero-order valence-corrected chi connectivity index (χ0v) is 9.74. The lowest BCUT2D eigenvalue weighted by molar-refractivity contribution is 0.513. The summed E-state index contributed by atoms with van der Waals surface area (Å²) in [6, 6.07) is 10.4. The zero-order chi connectivity index (χ0) is 11.8. The van der Waals surface area contributed by atoms with Gasteiger partial charge in [-0.05, 0) is 37.1 Å². The van der Waals surface area contributed by atoms with Crippen LogP contribution < -0.4 is 11.1 Å². The third-order valence-corrected chi connectivity index (χ3v) is 2.58. The summed E-state index contributed by atoms with van der Waals surface area (Å²) in [5, 5.41) is 11.9.